The van der Waals surface area contributed by atoms with Crippen molar-refractivity contribution in [3.63, 3.8) is 0 Å². The van der Waals surface area contributed by atoms with Gasteiger partial charge in [-0.15, -0.1) is 0 Å². The molecule has 1 aliphatic carbocycles. The molecule has 82 valence electrons. The Balaban J connectivity index is 2.32. The topological polar surface area (TPSA) is 37.4 Å². The van der Waals surface area contributed by atoms with Gasteiger partial charge in [-0.25, -0.2) is 8.42 Å². The fraction of sp³-hybridized carbons (Fsp3) is 0.455. The zero-order valence-corrected chi connectivity index (χ0v) is 9.79. The number of anilines is 1. The molecular weight excluding hydrogens is 210 g/mol. The summed E-state index contributed by atoms with van der Waals surface area (Å²) in [6.45, 7) is 0. The first-order valence-corrected chi connectivity index (χ1v) is 6.87. The number of nitrogens with zero attached hydrogens (tertiary/aromatic N) is 1. The minimum atomic E-state index is -3.14. The van der Waals surface area contributed by atoms with Crippen LogP contribution in [0.1, 0.15) is 24.3 Å². The van der Waals surface area contributed by atoms with Crippen LogP contribution in [0.4, 0.5) is 5.69 Å². The lowest BCUT2D eigenvalue weighted by atomic mass is 10.1. The Hall–Kier alpha value is -1.03. The van der Waals surface area contributed by atoms with Crippen molar-refractivity contribution in [2.24, 2.45) is 0 Å². The smallest absolute Gasteiger partial charge is 0.231 e. The maximum absolute atomic E-state index is 11.4. The average molecular weight is 225 g/mol. The molecule has 0 atom stereocenters. The summed E-state index contributed by atoms with van der Waals surface area (Å²) in [5, 5.41) is 0. The van der Waals surface area contributed by atoms with Crippen LogP contribution in [0.25, 0.3) is 0 Å². The number of rotatable bonds is 3. The molecule has 0 amide bonds. The molecule has 0 bridgehead atoms. The molecule has 1 saturated carbocycles. The van der Waals surface area contributed by atoms with Gasteiger partial charge in [0.1, 0.15) is 0 Å². The zero-order chi connectivity index (χ0) is 11.1. The van der Waals surface area contributed by atoms with Crippen LogP contribution in [-0.2, 0) is 10.0 Å². The highest BCUT2D eigenvalue weighted by Crippen LogP contribution is 2.41. The molecule has 3 nitrogen and oxygen atoms in total. The van der Waals surface area contributed by atoms with E-state index in [4.69, 9.17) is 0 Å². The van der Waals surface area contributed by atoms with Gasteiger partial charge in [0.25, 0.3) is 0 Å². The Bertz CT molecular complexity index is 463. The van der Waals surface area contributed by atoms with E-state index in [0.717, 1.165) is 5.69 Å². The molecule has 1 aromatic carbocycles. The van der Waals surface area contributed by atoms with E-state index in [0.29, 0.717) is 5.92 Å². The van der Waals surface area contributed by atoms with E-state index in [9.17, 15) is 8.42 Å². The molecule has 1 aromatic rings. The third kappa shape index (κ3) is 2.31. The monoisotopic (exact) mass is 225 g/mol. The highest BCUT2D eigenvalue weighted by Gasteiger charge is 2.24. The predicted molar refractivity (Wildman–Crippen MR) is 61.7 cm³/mol. The molecule has 1 fully saturated rings. The molecule has 4 heteroatoms. The molecule has 0 heterocycles. The lowest BCUT2D eigenvalue weighted by Crippen LogP contribution is -2.24. The van der Waals surface area contributed by atoms with Gasteiger partial charge in [0.2, 0.25) is 10.0 Å². The average Bonchev–Trinajstić information content (AvgIpc) is 2.98. The van der Waals surface area contributed by atoms with Gasteiger partial charge in [-0.3, -0.25) is 4.31 Å². The van der Waals surface area contributed by atoms with Crippen LogP contribution in [0, 0.1) is 0 Å². The molecule has 0 aliphatic heterocycles. The molecule has 1 aliphatic rings. The zero-order valence-electron chi connectivity index (χ0n) is 8.97. The van der Waals surface area contributed by atoms with Gasteiger partial charge in [-0.1, -0.05) is 12.1 Å². The van der Waals surface area contributed by atoms with Gasteiger partial charge in [-0.05, 0) is 36.5 Å². The molecule has 0 radical (unpaired) electrons. The van der Waals surface area contributed by atoms with E-state index >= 15 is 0 Å². The molecule has 0 N–H and O–H groups in total. The van der Waals surface area contributed by atoms with Gasteiger partial charge in [-0.2, -0.15) is 0 Å². The molecule has 0 saturated heterocycles. The second-order valence-electron chi connectivity index (χ2n) is 4.10. The summed E-state index contributed by atoms with van der Waals surface area (Å²) in [6, 6.07) is 7.79. The number of hydrogen-bond donors (Lipinski definition) is 0. The second kappa shape index (κ2) is 3.52. The van der Waals surface area contributed by atoms with Crippen LogP contribution in [0.2, 0.25) is 0 Å². The lowest BCUT2D eigenvalue weighted by molar-refractivity contribution is 0.600. The molecule has 2 rings (SSSR count). The standard InChI is InChI=1S/C11H15NO2S/c1-12(15(2,13)14)11-5-3-4-10(8-11)9-6-7-9/h3-5,8-9H,6-7H2,1-2H3. The minimum absolute atomic E-state index is 0.651. The Morgan fingerprint density at radius 3 is 2.53 bits per heavy atom. The van der Waals surface area contributed by atoms with Crippen molar-refractivity contribution >= 4 is 15.7 Å². The van der Waals surface area contributed by atoms with Gasteiger partial charge >= 0.3 is 0 Å². The quantitative estimate of drug-likeness (QED) is 0.788. The second-order valence-corrected chi connectivity index (χ2v) is 6.11. The minimum Gasteiger partial charge on any atom is -0.274 e. The molecular formula is C11H15NO2S. The van der Waals surface area contributed by atoms with Crippen molar-refractivity contribution in [3.8, 4) is 0 Å². The van der Waals surface area contributed by atoms with E-state index in [1.807, 2.05) is 18.2 Å². The van der Waals surface area contributed by atoms with Crippen molar-refractivity contribution in [1.82, 2.24) is 0 Å². The van der Waals surface area contributed by atoms with E-state index in [1.165, 1.54) is 29.0 Å². The highest BCUT2D eigenvalue weighted by atomic mass is 32.2. The maximum Gasteiger partial charge on any atom is 0.231 e. The third-order valence-corrected chi connectivity index (χ3v) is 3.99. The highest BCUT2D eigenvalue weighted by molar-refractivity contribution is 7.92. The fourth-order valence-electron chi connectivity index (χ4n) is 1.58. The third-order valence-electron chi connectivity index (χ3n) is 2.78. The van der Waals surface area contributed by atoms with E-state index in [-0.39, 0.29) is 0 Å². The van der Waals surface area contributed by atoms with Crippen molar-refractivity contribution in [2.45, 2.75) is 18.8 Å². The van der Waals surface area contributed by atoms with E-state index in [1.54, 1.807) is 7.05 Å². The van der Waals surface area contributed by atoms with Crippen molar-refractivity contribution in [2.75, 3.05) is 17.6 Å². The summed E-state index contributed by atoms with van der Waals surface area (Å²) in [6.07, 6.45) is 3.68. The number of sulfonamides is 1. The van der Waals surface area contributed by atoms with E-state index < -0.39 is 10.0 Å². The maximum atomic E-state index is 11.4. The van der Waals surface area contributed by atoms with Gasteiger partial charge < -0.3 is 0 Å². The van der Waals surface area contributed by atoms with Gasteiger partial charge in [0.15, 0.2) is 0 Å². The Morgan fingerprint density at radius 1 is 1.33 bits per heavy atom. The molecule has 0 aromatic heterocycles. The van der Waals surface area contributed by atoms with Crippen LogP contribution >= 0.6 is 0 Å². The van der Waals surface area contributed by atoms with Gasteiger partial charge in [0, 0.05) is 7.05 Å². The summed E-state index contributed by atoms with van der Waals surface area (Å²) in [5.74, 6) is 0.651. The van der Waals surface area contributed by atoms with Crippen molar-refractivity contribution in [1.29, 1.82) is 0 Å². The summed E-state index contributed by atoms with van der Waals surface area (Å²) in [4.78, 5) is 0. The number of benzene rings is 1. The van der Waals surface area contributed by atoms with Crippen LogP contribution < -0.4 is 4.31 Å². The van der Waals surface area contributed by atoms with Crippen LogP contribution in [0.15, 0.2) is 24.3 Å². The molecule has 0 unspecified atom stereocenters. The Labute approximate surface area is 90.8 Å². The first-order chi connectivity index (χ1) is 6.98. The Kier molecular flexibility index (Phi) is 2.46. The summed E-state index contributed by atoms with van der Waals surface area (Å²) < 4.78 is 24.0. The molecule has 0 spiro atoms. The normalized spacial score (nSPS) is 16.4. The summed E-state index contributed by atoms with van der Waals surface area (Å²) in [5.41, 5.74) is 2.00. The first kappa shape index (κ1) is 10.5. The Morgan fingerprint density at radius 2 is 2.00 bits per heavy atom. The van der Waals surface area contributed by atoms with Crippen molar-refractivity contribution in [3.05, 3.63) is 29.8 Å². The SMILES string of the molecule is CN(c1cccc(C2CC2)c1)S(C)(=O)=O. The summed E-state index contributed by atoms with van der Waals surface area (Å²) in [7, 11) is -1.56. The predicted octanol–water partition coefficient (Wildman–Crippen LogP) is 1.96. The van der Waals surface area contributed by atoms with E-state index in [2.05, 4.69) is 6.07 Å². The fourth-order valence-corrected chi connectivity index (χ4v) is 2.08. The van der Waals surface area contributed by atoms with Crippen LogP contribution in [-0.4, -0.2) is 21.7 Å². The largest absolute Gasteiger partial charge is 0.274 e. The number of hydrogen-bond acceptors (Lipinski definition) is 2. The summed E-state index contributed by atoms with van der Waals surface area (Å²) >= 11 is 0. The first-order valence-electron chi connectivity index (χ1n) is 5.02. The molecule has 15 heavy (non-hydrogen) atoms. The van der Waals surface area contributed by atoms with Gasteiger partial charge in [0.05, 0.1) is 11.9 Å². The van der Waals surface area contributed by atoms with Crippen LogP contribution in [0.3, 0.4) is 0 Å². The van der Waals surface area contributed by atoms with Crippen molar-refractivity contribution < 1.29 is 8.42 Å². The van der Waals surface area contributed by atoms with Crippen LogP contribution in [0.5, 0.6) is 0 Å². The lowest BCUT2D eigenvalue weighted by Gasteiger charge is -2.17.